The molecule has 0 fully saturated rings. The van der Waals surface area contributed by atoms with Crippen LogP contribution in [0.5, 0.6) is 0 Å². The number of halogens is 1. The van der Waals surface area contributed by atoms with Crippen molar-refractivity contribution >= 4 is 52.6 Å². The number of fused-ring (bicyclic) bond motifs is 2. The largest absolute Gasteiger partial charge is 0.356 e. The highest BCUT2D eigenvalue weighted by Gasteiger charge is 2.21. The zero-order chi connectivity index (χ0) is 21.6. The number of anilines is 1. The zero-order valence-corrected chi connectivity index (χ0v) is 21.0. The predicted octanol–water partition coefficient (Wildman–Crippen LogP) is 3.50. The third-order valence-electron chi connectivity index (χ3n) is 5.74. The van der Waals surface area contributed by atoms with E-state index in [1.807, 2.05) is 48.2 Å². The molecule has 1 aromatic heterocycles. The number of hydrogen-bond acceptors (Lipinski definition) is 3. The van der Waals surface area contributed by atoms with Gasteiger partial charge >= 0.3 is 0 Å². The lowest BCUT2D eigenvalue weighted by atomic mass is 10.0. The highest BCUT2D eigenvalue weighted by Crippen LogP contribution is 2.26. The molecule has 0 radical (unpaired) electrons. The summed E-state index contributed by atoms with van der Waals surface area (Å²) in [5, 5.41) is 6.47. The van der Waals surface area contributed by atoms with Crippen LogP contribution in [0.4, 0.5) is 5.69 Å². The Labute approximate surface area is 206 Å². The Bertz CT molecular complexity index is 1090. The van der Waals surface area contributed by atoms with E-state index in [0.29, 0.717) is 5.96 Å². The summed E-state index contributed by atoms with van der Waals surface area (Å²) in [6.07, 6.45) is 2.95. The van der Waals surface area contributed by atoms with E-state index in [1.54, 1.807) is 7.05 Å². The molecule has 8 heteroatoms. The molecule has 7 nitrogen and oxygen atoms in total. The Morgan fingerprint density at radius 1 is 1.12 bits per heavy atom. The molecule has 1 amide bonds. The lowest BCUT2D eigenvalue weighted by Crippen LogP contribution is -2.46. The van der Waals surface area contributed by atoms with E-state index in [-0.39, 0.29) is 36.4 Å². The Balaban J connectivity index is 0.00000289. The molecule has 4 rings (SSSR count). The second-order valence-electron chi connectivity index (χ2n) is 7.78. The van der Waals surface area contributed by atoms with Gasteiger partial charge in [-0.15, -0.1) is 24.0 Å². The van der Waals surface area contributed by atoms with E-state index in [1.165, 1.54) is 5.56 Å². The molecule has 1 aliphatic heterocycles. The van der Waals surface area contributed by atoms with E-state index >= 15 is 0 Å². The minimum Gasteiger partial charge on any atom is -0.356 e. The Kier molecular flexibility index (Phi) is 8.49. The van der Waals surface area contributed by atoms with Gasteiger partial charge in [0.15, 0.2) is 5.96 Å². The monoisotopic (exact) mass is 546 g/mol. The first-order chi connectivity index (χ1) is 15.2. The first-order valence-electron chi connectivity index (χ1n) is 10.9. The molecule has 3 aromatic rings. The number of guanidine groups is 1. The van der Waals surface area contributed by atoms with Gasteiger partial charge in [-0.25, -0.2) is 4.98 Å². The standard InChI is InChI=1S/C24H30N6O.HI/c1-18-28-20-11-4-6-13-22(20)29(18)16-8-14-26-24(25-2)27-17-23(31)30-15-7-10-19-9-3-5-12-21(19)30;/h3-6,9,11-13H,7-8,10,14-17H2,1-2H3,(H2,25,26,27);1H. The Morgan fingerprint density at radius 3 is 2.75 bits per heavy atom. The van der Waals surface area contributed by atoms with Gasteiger partial charge in [0.1, 0.15) is 5.82 Å². The van der Waals surface area contributed by atoms with Crippen LogP contribution in [0.1, 0.15) is 24.2 Å². The van der Waals surface area contributed by atoms with Crippen molar-refractivity contribution in [2.24, 2.45) is 4.99 Å². The quantitative estimate of drug-likeness (QED) is 0.215. The average Bonchev–Trinajstić information content (AvgIpc) is 3.13. The Hall–Kier alpha value is -2.62. The third kappa shape index (κ3) is 5.40. The smallest absolute Gasteiger partial charge is 0.246 e. The number of carbonyl (C=O) groups excluding carboxylic acids is 1. The van der Waals surface area contributed by atoms with Crippen LogP contribution >= 0.6 is 24.0 Å². The van der Waals surface area contributed by atoms with Crippen LogP contribution in [-0.4, -0.2) is 48.1 Å². The van der Waals surface area contributed by atoms with Crippen LogP contribution in [0.15, 0.2) is 53.5 Å². The number of hydrogen-bond donors (Lipinski definition) is 2. The summed E-state index contributed by atoms with van der Waals surface area (Å²) in [6.45, 7) is 4.66. The van der Waals surface area contributed by atoms with E-state index in [4.69, 9.17) is 0 Å². The summed E-state index contributed by atoms with van der Waals surface area (Å²) in [4.78, 5) is 23.6. The predicted molar refractivity (Wildman–Crippen MR) is 141 cm³/mol. The van der Waals surface area contributed by atoms with Crippen molar-refractivity contribution in [3.8, 4) is 0 Å². The molecule has 170 valence electrons. The second kappa shape index (κ2) is 11.3. The first-order valence-corrected chi connectivity index (χ1v) is 10.9. The summed E-state index contributed by atoms with van der Waals surface area (Å²) < 4.78 is 2.24. The fraction of sp³-hybridized carbons (Fsp3) is 0.375. The van der Waals surface area contributed by atoms with Crippen molar-refractivity contribution in [2.75, 3.05) is 31.6 Å². The molecule has 2 aromatic carbocycles. The summed E-state index contributed by atoms with van der Waals surface area (Å²) in [7, 11) is 1.73. The van der Waals surface area contributed by atoms with Crippen LogP contribution < -0.4 is 15.5 Å². The van der Waals surface area contributed by atoms with E-state index < -0.39 is 0 Å². The van der Waals surface area contributed by atoms with Crippen LogP contribution in [0, 0.1) is 6.92 Å². The number of aliphatic imine (C=N–C) groups is 1. The summed E-state index contributed by atoms with van der Waals surface area (Å²) >= 11 is 0. The van der Waals surface area contributed by atoms with E-state index in [9.17, 15) is 4.79 Å². The molecule has 0 bridgehead atoms. The SMILES string of the molecule is CN=C(NCCCn1c(C)nc2ccccc21)NCC(=O)N1CCCc2ccccc21.I. The average molecular weight is 546 g/mol. The summed E-state index contributed by atoms with van der Waals surface area (Å²) in [5.74, 6) is 1.73. The van der Waals surface area contributed by atoms with Crippen molar-refractivity contribution < 1.29 is 4.79 Å². The van der Waals surface area contributed by atoms with E-state index in [0.717, 1.165) is 61.4 Å². The molecular formula is C24H31IN6O. The fourth-order valence-electron chi connectivity index (χ4n) is 4.19. The summed E-state index contributed by atoms with van der Waals surface area (Å²) in [6, 6.07) is 16.4. The van der Waals surface area contributed by atoms with Crippen molar-refractivity contribution in [1.29, 1.82) is 0 Å². The van der Waals surface area contributed by atoms with Crippen molar-refractivity contribution in [3.63, 3.8) is 0 Å². The molecule has 0 unspecified atom stereocenters. The van der Waals surface area contributed by atoms with Crippen molar-refractivity contribution in [2.45, 2.75) is 32.7 Å². The number of amides is 1. The van der Waals surface area contributed by atoms with Crippen LogP contribution in [-0.2, 0) is 17.8 Å². The minimum atomic E-state index is 0. The molecule has 2 N–H and O–H groups in total. The van der Waals surface area contributed by atoms with Crippen molar-refractivity contribution in [1.82, 2.24) is 20.2 Å². The van der Waals surface area contributed by atoms with Gasteiger partial charge in [0.05, 0.1) is 17.6 Å². The second-order valence-corrected chi connectivity index (χ2v) is 7.78. The number of carbonyl (C=O) groups is 1. The minimum absolute atomic E-state index is 0. The number of benzene rings is 2. The highest BCUT2D eigenvalue weighted by atomic mass is 127. The summed E-state index contributed by atoms with van der Waals surface area (Å²) in [5.41, 5.74) is 4.47. The topological polar surface area (TPSA) is 74.5 Å². The zero-order valence-electron chi connectivity index (χ0n) is 18.7. The van der Waals surface area contributed by atoms with Crippen LogP contribution in [0.3, 0.4) is 0 Å². The Morgan fingerprint density at radius 2 is 1.91 bits per heavy atom. The van der Waals surface area contributed by atoms with Crippen molar-refractivity contribution in [3.05, 3.63) is 59.9 Å². The molecule has 0 aliphatic carbocycles. The first kappa shape index (κ1) is 24.0. The molecule has 0 saturated carbocycles. The number of rotatable bonds is 6. The molecule has 0 saturated heterocycles. The molecule has 1 aliphatic rings. The number of aromatic nitrogens is 2. The number of imidazole rings is 1. The van der Waals surface area contributed by atoms with Crippen LogP contribution in [0.2, 0.25) is 0 Å². The molecular weight excluding hydrogens is 515 g/mol. The van der Waals surface area contributed by atoms with Gasteiger partial charge in [0.2, 0.25) is 5.91 Å². The van der Waals surface area contributed by atoms with Gasteiger partial charge in [-0.1, -0.05) is 30.3 Å². The lowest BCUT2D eigenvalue weighted by molar-refractivity contribution is -0.117. The van der Waals surface area contributed by atoms with Gasteiger partial charge in [-0.05, 0) is 49.9 Å². The molecule has 0 spiro atoms. The van der Waals surface area contributed by atoms with Crippen LogP contribution in [0.25, 0.3) is 11.0 Å². The third-order valence-corrected chi connectivity index (χ3v) is 5.74. The molecule has 32 heavy (non-hydrogen) atoms. The maximum atomic E-state index is 12.8. The number of nitrogens with zero attached hydrogens (tertiary/aromatic N) is 4. The number of para-hydroxylation sites is 3. The lowest BCUT2D eigenvalue weighted by Gasteiger charge is -2.29. The number of aryl methyl sites for hydroxylation is 3. The fourth-order valence-corrected chi connectivity index (χ4v) is 4.19. The van der Waals surface area contributed by atoms with Gasteiger partial charge in [0, 0.05) is 32.4 Å². The molecule has 0 atom stereocenters. The van der Waals surface area contributed by atoms with Gasteiger partial charge in [-0.2, -0.15) is 0 Å². The van der Waals surface area contributed by atoms with Gasteiger partial charge < -0.3 is 20.1 Å². The van der Waals surface area contributed by atoms with E-state index in [2.05, 4.69) is 37.3 Å². The normalized spacial score (nSPS) is 13.4. The van der Waals surface area contributed by atoms with Gasteiger partial charge in [0.25, 0.3) is 0 Å². The molecule has 2 heterocycles. The number of nitrogens with one attached hydrogen (secondary N) is 2. The van der Waals surface area contributed by atoms with Gasteiger partial charge in [-0.3, -0.25) is 9.79 Å². The highest BCUT2D eigenvalue weighted by molar-refractivity contribution is 14.0. The maximum Gasteiger partial charge on any atom is 0.246 e. The maximum absolute atomic E-state index is 12.8.